The van der Waals surface area contributed by atoms with Gasteiger partial charge in [-0.2, -0.15) is 0 Å². The van der Waals surface area contributed by atoms with E-state index in [-0.39, 0.29) is 11.7 Å². The van der Waals surface area contributed by atoms with Gasteiger partial charge in [0.05, 0.1) is 25.3 Å². The van der Waals surface area contributed by atoms with Crippen molar-refractivity contribution in [3.05, 3.63) is 28.6 Å². The third-order valence-corrected chi connectivity index (χ3v) is 4.11. The highest BCUT2D eigenvalue weighted by molar-refractivity contribution is 5.89. The summed E-state index contributed by atoms with van der Waals surface area (Å²) in [6, 6.07) is 5.62. The van der Waals surface area contributed by atoms with Crippen LogP contribution in [0.1, 0.15) is 46.5 Å². The Morgan fingerprint density at radius 3 is 2.52 bits per heavy atom. The molecule has 0 aliphatic heterocycles. The van der Waals surface area contributed by atoms with Crippen LogP contribution in [-0.4, -0.2) is 24.4 Å². The number of hydrogen-bond donors (Lipinski definition) is 0. The molecule has 0 saturated carbocycles. The van der Waals surface area contributed by atoms with Crippen LogP contribution in [0.4, 0.5) is 0 Å². The van der Waals surface area contributed by atoms with Gasteiger partial charge in [0.1, 0.15) is 5.75 Å². The molecule has 2 rings (SSSR count). The van der Waals surface area contributed by atoms with Crippen LogP contribution in [0.15, 0.2) is 23.0 Å². The summed E-state index contributed by atoms with van der Waals surface area (Å²) >= 11 is 0. The van der Waals surface area contributed by atoms with Crippen molar-refractivity contribution in [1.82, 2.24) is 4.57 Å². The number of unbranched alkanes of at least 4 members (excludes halogenated alkanes) is 3. The minimum atomic E-state index is -0.188. The fraction of sp³-hybridized carbons (Fsp3) is 0.550. The lowest BCUT2D eigenvalue weighted by Gasteiger charge is -2.19. The molecule has 0 aliphatic carbocycles. The lowest BCUT2D eigenvalue weighted by atomic mass is 10.1. The highest BCUT2D eigenvalue weighted by Gasteiger charge is 2.19. The molecule has 1 aromatic carbocycles. The van der Waals surface area contributed by atoms with Crippen molar-refractivity contribution >= 4 is 10.9 Å². The van der Waals surface area contributed by atoms with Crippen molar-refractivity contribution in [2.24, 2.45) is 7.05 Å². The van der Waals surface area contributed by atoms with Gasteiger partial charge in [0.15, 0.2) is 5.75 Å². The van der Waals surface area contributed by atoms with Gasteiger partial charge in [-0.1, -0.05) is 26.2 Å². The molecule has 1 heterocycles. The zero-order valence-corrected chi connectivity index (χ0v) is 15.9. The first-order valence-electron chi connectivity index (χ1n) is 8.99. The van der Waals surface area contributed by atoms with Crippen LogP contribution < -0.4 is 19.8 Å². The Kier molecular flexibility index (Phi) is 6.73. The average Bonchev–Trinajstić information content (AvgIpc) is 2.60. The average molecular weight is 347 g/mol. The molecule has 0 N–H and O–H groups in total. The number of ether oxygens (including phenoxy) is 3. The summed E-state index contributed by atoms with van der Waals surface area (Å²) in [5, 5.41) is 0.847. The summed E-state index contributed by atoms with van der Waals surface area (Å²) in [6.45, 7) is 6.57. The molecule has 2 aromatic rings. The second kappa shape index (κ2) is 8.79. The van der Waals surface area contributed by atoms with Crippen LogP contribution in [0.3, 0.4) is 0 Å². The topological polar surface area (TPSA) is 49.7 Å². The molecule has 5 nitrogen and oxygen atoms in total. The summed E-state index contributed by atoms with van der Waals surface area (Å²) in [7, 11) is 3.35. The van der Waals surface area contributed by atoms with Crippen LogP contribution in [0, 0.1) is 0 Å². The van der Waals surface area contributed by atoms with Crippen LogP contribution >= 0.6 is 0 Å². The Bertz CT molecular complexity index is 764. The van der Waals surface area contributed by atoms with Gasteiger partial charge in [-0.3, -0.25) is 4.79 Å². The number of methoxy groups -OCH3 is 1. The zero-order chi connectivity index (χ0) is 18.4. The third-order valence-electron chi connectivity index (χ3n) is 4.11. The van der Waals surface area contributed by atoms with Crippen LogP contribution in [0.25, 0.3) is 10.9 Å². The van der Waals surface area contributed by atoms with Gasteiger partial charge < -0.3 is 18.8 Å². The van der Waals surface area contributed by atoms with Crippen LogP contribution in [-0.2, 0) is 7.05 Å². The van der Waals surface area contributed by atoms with Crippen LogP contribution in [0.2, 0.25) is 0 Å². The number of rotatable bonds is 9. The summed E-state index contributed by atoms with van der Waals surface area (Å²) in [5.41, 5.74) is 0.574. The Morgan fingerprint density at radius 1 is 1.12 bits per heavy atom. The lowest BCUT2D eigenvalue weighted by Crippen LogP contribution is -2.22. The van der Waals surface area contributed by atoms with E-state index in [9.17, 15) is 4.79 Å². The zero-order valence-electron chi connectivity index (χ0n) is 15.9. The van der Waals surface area contributed by atoms with Crippen molar-refractivity contribution in [2.75, 3.05) is 13.7 Å². The second-order valence-electron chi connectivity index (χ2n) is 6.48. The van der Waals surface area contributed by atoms with E-state index in [2.05, 4.69) is 6.92 Å². The van der Waals surface area contributed by atoms with E-state index in [4.69, 9.17) is 14.2 Å². The van der Waals surface area contributed by atoms with Crippen molar-refractivity contribution in [1.29, 1.82) is 0 Å². The fourth-order valence-electron chi connectivity index (χ4n) is 2.77. The largest absolute Gasteiger partial charge is 0.497 e. The molecule has 0 unspecified atom stereocenters. The first-order valence-corrected chi connectivity index (χ1v) is 8.99. The van der Waals surface area contributed by atoms with E-state index in [1.54, 1.807) is 18.7 Å². The van der Waals surface area contributed by atoms with E-state index < -0.39 is 0 Å². The Hall–Kier alpha value is -2.17. The molecule has 0 radical (unpaired) electrons. The number of hydrogen-bond acceptors (Lipinski definition) is 4. The maximum Gasteiger partial charge on any atom is 0.297 e. The number of benzene rings is 1. The molecule has 138 valence electrons. The Morgan fingerprint density at radius 2 is 1.88 bits per heavy atom. The minimum absolute atomic E-state index is 0.0557. The molecule has 0 bridgehead atoms. The van der Waals surface area contributed by atoms with E-state index in [1.807, 2.05) is 32.0 Å². The molecule has 5 heteroatoms. The van der Waals surface area contributed by atoms with Gasteiger partial charge in [0.25, 0.3) is 5.56 Å². The van der Waals surface area contributed by atoms with Crippen molar-refractivity contribution in [3.8, 4) is 17.2 Å². The number of nitrogens with zero attached hydrogens (tertiary/aromatic N) is 1. The summed E-state index contributed by atoms with van der Waals surface area (Å²) < 4.78 is 18.7. The molecule has 25 heavy (non-hydrogen) atoms. The third kappa shape index (κ3) is 4.47. The number of aromatic nitrogens is 1. The van der Waals surface area contributed by atoms with Gasteiger partial charge in [-0.25, -0.2) is 0 Å². The predicted molar refractivity (Wildman–Crippen MR) is 101 cm³/mol. The first-order chi connectivity index (χ1) is 12.0. The fourth-order valence-corrected chi connectivity index (χ4v) is 2.77. The molecular formula is C20H29NO4. The maximum absolute atomic E-state index is 12.8. The molecule has 0 atom stereocenters. The molecule has 0 fully saturated rings. The van der Waals surface area contributed by atoms with Crippen molar-refractivity contribution in [2.45, 2.75) is 52.6 Å². The van der Waals surface area contributed by atoms with Gasteiger partial charge in [-0.15, -0.1) is 0 Å². The molecule has 0 saturated heterocycles. The van der Waals surface area contributed by atoms with Crippen molar-refractivity contribution < 1.29 is 14.2 Å². The van der Waals surface area contributed by atoms with E-state index in [0.717, 1.165) is 23.7 Å². The smallest absolute Gasteiger partial charge is 0.297 e. The van der Waals surface area contributed by atoms with Gasteiger partial charge in [0, 0.05) is 18.5 Å². The molecule has 0 aliphatic rings. The molecule has 0 amide bonds. The minimum Gasteiger partial charge on any atom is -0.497 e. The number of pyridine rings is 1. The Balaban J connectivity index is 2.47. The predicted octanol–water partition coefficient (Wildman–Crippen LogP) is 4.29. The Labute approximate surface area is 149 Å². The summed E-state index contributed by atoms with van der Waals surface area (Å²) in [4.78, 5) is 12.8. The van der Waals surface area contributed by atoms with Crippen molar-refractivity contribution in [3.63, 3.8) is 0 Å². The number of fused-ring (bicyclic) bond motifs is 1. The highest BCUT2D eigenvalue weighted by Crippen LogP contribution is 2.35. The van der Waals surface area contributed by atoms with E-state index >= 15 is 0 Å². The normalized spacial score (nSPS) is 11.1. The standard InChI is InChI=1S/C20H29NO4/c1-6-7-8-9-12-24-19-18(25-14(2)3)16-11-10-15(23-5)13-17(16)21(4)20(19)22/h10-11,13-14H,6-9,12H2,1-5H3. The lowest BCUT2D eigenvalue weighted by molar-refractivity contribution is 0.220. The monoisotopic (exact) mass is 347 g/mol. The molecular weight excluding hydrogens is 318 g/mol. The van der Waals surface area contributed by atoms with Gasteiger partial charge in [-0.05, 0) is 32.4 Å². The number of aryl methyl sites for hydroxylation is 1. The second-order valence-corrected chi connectivity index (χ2v) is 6.48. The van der Waals surface area contributed by atoms with Gasteiger partial charge >= 0.3 is 0 Å². The van der Waals surface area contributed by atoms with E-state index in [1.165, 1.54) is 12.8 Å². The van der Waals surface area contributed by atoms with Crippen LogP contribution in [0.5, 0.6) is 17.2 Å². The SMILES string of the molecule is CCCCCCOc1c(OC(C)C)c2ccc(OC)cc2n(C)c1=O. The molecule has 1 aromatic heterocycles. The maximum atomic E-state index is 12.8. The highest BCUT2D eigenvalue weighted by atomic mass is 16.5. The quantitative estimate of drug-likeness (QED) is 0.635. The van der Waals surface area contributed by atoms with Gasteiger partial charge in [0.2, 0.25) is 5.75 Å². The molecule has 0 spiro atoms. The summed E-state index contributed by atoms with van der Waals surface area (Å²) in [5.74, 6) is 1.52. The summed E-state index contributed by atoms with van der Waals surface area (Å²) in [6.07, 6.45) is 4.32. The first kappa shape index (κ1) is 19.2. The van der Waals surface area contributed by atoms with E-state index in [0.29, 0.717) is 23.9 Å².